The maximum Gasteiger partial charge on any atom is 0.230 e. The summed E-state index contributed by atoms with van der Waals surface area (Å²) in [5, 5.41) is 6.85. The highest BCUT2D eigenvalue weighted by molar-refractivity contribution is 8.00. The molecule has 0 bridgehead atoms. The summed E-state index contributed by atoms with van der Waals surface area (Å²) in [7, 11) is 3.22. The van der Waals surface area contributed by atoms with Gasteiger partial charge in [-0.1, -0.05) is 30.0 Å². The number of nitrogens with zero attached hydrogens (tertiary/aromatic N) is 2. The number of aromatic nitrogens is 2. The van der Waals surface area contributed by atoms with Gasteiger partial charge >= 0.3 is 0 Å². The molecule has 4 rings (SSSR count). The number of rotatable bonds is 11. The van der Waals surface area contributed by atoms with Crippen molar-refractivity contribution in [1.29, 1.82) is 0 Å². The van der Waals surface area contributed by atoms with Gasteiger partial charge in [-0.25, -0.2) is 9.97 Å². The molecule has 7 nitrogen and oxygen atoms in total. The number of fused-ring (bicyclic) bond motifs is 1. The quantitative estimate of drug-likeness (QED) is 0.219. The summed E-state index contributed by atoms with van der Waals surface area (Å²) < 4.78 is 16.2. The summed E-state index contributed by atoms with van der Waals surface area (Å²) in [6.45, 7) is 3.13. The molecule has 0 aliphatic heterocycles. The van der Waals surface area contributed by atoms with Crippen molar-refractivity contribution in [1.82, 2.24) is 15.3 Å². The van der Waals surface area contributed by atoms with Crippen molar-refractivity contribution in [3.63, 3.8) is 0 Å². The Labute approximate surface area is 212 Å². The fourth-order valence-electron chi connectivity index (χ4n) is 3.63. The van der Waals surface area contributed by atoms with Gasteiger partial charge in [-0.05, 0) is 48.7 Å². The smallest absolute Gasteiger partial charge is 0.230 e. The van der Waals surface area contributed by atoms with Crippen LogP contribution in [0.2, 0.25) is 0 Å². The molecule has 2 heterocycles. The Morgan fingerprint density at radius 1 is 1.06 bits per heavy atom. The van der Waals surface area contributed by atoms with Gasteiger partial charge in [-0.3, -0.25) is 4.79 Å². The van der Waals surface area contributed by atoms with Crippen molar-refractivity contribution >= 4 is 39.2 Å². The van der Waals surface area contributed by atoms with Crippen molar-refractivity contribution in [2.75, 3.05) is 33.1 Å². The number of thiophene rings is 1. The normalized spacial score (nSPS) is 10.8. The van der Waals surface area contributed by atoms with E-state index in [0.717, 1.165) is 37.7 Å². The second-order valence-electron chi connectivity index (χ2n) is 7.54. The number of benzene rings is 2. The predicted octanol–water partition coefficient (Wildman–Crippen LogP) is 5.23. The topological polar surface area (TPSA) is 82.6 Å². The molecule has 2 aromatic carbocycles. The number of carbonyl (C=O) groups is 1. The van der Waals surface area contributed by atoms with E-state index in [0.29, 0.717) is 31.1 Å². The summed E-state index contributed by atoms with van der Waals surface area (Å²) in [6, 6.07) is 13.8. The number of amides is 1. The lowest BCUT2D eigenvalue weighted by Crippen LogP contribution is -2.27. The Balaban J connectivity index is 1.38. The maximum atomic E-state index is 12.5. The van der Waals surface area contributed by atoms with E-state index in [1.165, 1.54) is 11.8 Å². The lowest BCUT2D eigenvalue weighted by atomic mass is 10.1. The van der Waals surface area contributed by atoms with Crippen molar-refractivity contribution in [3.05, 3.63) is 59.7 Å². The highest BCUT2D eigenvalue weighted by Gasteiger charge is 2.15. The molecule has 1 N–H and O–H groups in total. The van der Waals surface area contributed by atoms with Gasteiger partial charge in [0.15, 0.2) is 11.5 Å². The summed E-state index contributed by atoms with van der Waals surface area (Å²) in [5.41, 5.74) is 3.19. The molecule has 1 amide bonds. The molecule has 0 radical (unpaired) electrons. The van der Waals surface area contributed by atoms with E-state index in [9.17, 15) is 4.79 Å². The highest BCUT2D eigenvalue weighted by Crippen LogP contribution is 2.38. The summed E-state index contributed by atoms with van der Waals surface area (Å²) in [5.74, 6) is 2.44. The van der Waals surface area contributed by atoms with Crippen LogP contribution in [0.4, 0.5) is 0 Å². The van der Waals surface area contributed by atoms with Gasteiger partial charge in [-0.15, -0.1) is 11.3 Å². The van der Waals surface area contributed by atoms with Crippen LogP contribution in [0, 0.1) is 0 Å². The Kier molecular flexibility index (Phi) is 8.44. The third kappa shape index (κ3) is 6.04. The van der Waals surface area contributed by atoms with Gasteiger partial charge in [-0.2, -0.15) is 0 Å². The molecule has 0 saturated carbocycles. The molecule has 4 aromatic rings. The van der Waals surface area contributed by atoms with Crippen molar-refractivity contribution in [2.45, 2.75) is 18.4 Å². The first-order chi connectivity index (χ1) is 17.1. The zero-order valence-corrected chi connectivity index (χ0v) is 21.5. The van der Waals surface area contributed by atoms with Gasteiger partial charge in [0.25, 0.3) is 0 Å². The number of nitrogens with one attached hydrogen (secondary N) is 1. The van der Waals surface area contributed by atoms with Gasteiger partial charge in [0, 0.05) is 17.5 Å². The molecule has 2 aromatic heterocycles. The third-order valence-electron chi connectivity index (χ3n) is 5.34. The lowest BCUT2D eigenvalue weighted by Gasteiger charge is -2.10. The van der Waals surface area contributed by atoms with Gasteiger partial charge in [0.1, 0.15) is 21.9 Å². The number of thioether (sulfide) groups is 1. The fourth-order valence-corrected chi connectivity index (χ4v) is 5.46. The number of carbonyl (C=O) groups excluding carboxylic acids is 1. The van der Waals surface area contributed by atoms with E-state index in [4.69, 9.17) is 14.2 Å². The molecular weight excluding hydrogens is 482 g/mol. The van der Waals surface area contributed by atoms with Crippen LogP contribution in [0.5, 0.6) is 17.2 Å². The number of ether oxygens (including phenoxy) is 3. The number of methoxy groups -OCH3 is 2. The molecular formula is C26H27N3O4S2. The predicted molar refractivity (Wildman–Crippen MR) is 141 cm³/mol. The SMILES string of the molecule is CCOc1ccc(-c2csc3ncnc(SCC(=O)NCCc4ccc(OC)c(OC)c4)c23)cc1. The minimum Gasteiger partial charge on any atom is -0.494 e. The van der Waals surface area contributed by atoms with Crippen LogP contribution in [-0.4, -0.2) is 49.0 Å². The standard InChI is InChI=1S/C26H27N3O4S2/c1-4-33-19-8-6-18(7-9-19)20-14-34-25-24(20)26(29-16-28-25)35-15-23(30)27-12-11-17-5-10-21(31-2)22(13-17)32-3/h5-10,13-14,16H,4,11-12,15H2,1-3H3,(H,27,30). The van der Waals surface area contributed by atoms with Crippen LogP contribution >= 0.6 is 23.1 Å². The largest absolute Gasteiger partial charge is 0.494 e. The summed E-state index contributed by atoms with van der Waals surface area (Å²) in [4.78, 5) is 22.3. The Morgan fingerprint density at radius 3 is 2.60 bits per heavy atom. The minimum atomic E-state index is -0.0416. The molecule has 9 heteroatoms. The molecule has 0 atom stereocenters. The molecule has 0 spiro atoms. The zero-order chi connectivity index (χ0) is 24.6. The van der Waals surface area contributed by atoms with E-state index >= 15 is 0 Å². The minimum absolute atomic E-state index is 0.0416. The van der Waals surface area contributed by atoms with Crippen molar-refractivity contribution < 1.29 is 19.0 Å². The lowest BCUT2D eigenvalue weighted by molar-refractivity contribution is -0.118. The van der Waals surface area contributed by atoms with Crippen LogP contribution in [0.1, 0.15) is 12.5 Å². The van der Waals surface area contributed by atoms with E-state index in [2.05, 4.69) is 20.7 Å². The van der Waals surface area contributed by atoms with E-state index < -0.39 is 0 Å². The second kappa shape index (κ2) is 11.9. The van der Waals surface area contributed by atoms with E-state index in [1.54, 1.807) is 31.9 Å². The first-order valence-corrected chi connectivity index (χ1v) is 13.0. The average Bonchev–Trinajstić information content (AvgIpc) is 3.33. The highest BCUT2D eigenvalue weighted by atomic mass is 32.2. The molecule has 0 saturated heterocycles. The van der Waals surface area contributed by atoms with E-state index in [-0.39, 0.29) is 11.7 Å². The Hall–Kier alpha value is -3.30. The molecule has 0 unspecified atom stereocenters. The molecule has 0 fully saturated rings. The van der Waals surface area contributed by atoms with Crippen LogP contribution in [0.25, 0.3) is 21.3 Å². The third-order valence-corrected chi connectivity index (χ3v) is 7.21. The van der Waals surface area contributed by atoms with Gasteiger partial charge in [0.2, 0.25) is 5.91 Å². The van der Waals surface area contributed by atoms with Crippen LogP contribution in [0.3, 0.4) is 0 Å². The number of hydrogen-bond donors (Lipinski definition) is 1. The van der Waals surface area contributed by atoms with Crippen LogP contribution in [0.15, 0.2) is 59.2 Å². The van der Waals surface area contributed by atoms with Crippen molar-refractivity contribution in [2.24, 2.45) is 0 Å². The first kappa shape index (κ1) is 24.8. The molecule has 0 aliphatic carbocycles. The van der Waals surface area contributed by atoms with Crippen LogP contribution < -0.4 is 19.5 Å². The molecule has 35 heavy (non-hydrogen) atoms. The Bertz CT molecular complexity index is 1290. The van der Waals surface area contributed by atoms with E-state index in [1.807, 2.05) is 49.4 Å². The summed E-state index contributed by atoms with van der Waals surface area (Å²) >= 11 is 3.00. The average molecular weight is 510 g/mol. The van der Waals surface area contributed by atoms with Gasteiger partial charge < -0.3 is 19.5 Å². The molecule has 182 valence electrons. The van der Waals surface area contributed by atoms with Crippen LogP contribution in [-0.2, 0) is 11.2 Å². The second-order valence-corrected chi connectivity index (χ2v) is 9.37. The fraction of sp³-hybridized carbons (Fsp3) is 0.269. The monoisotopic (exact) mass is 509 g/mol. The Morgan fingerprint density at radius 2 is 1.86 bits per heavy atom. The first-order valence-electron chi connectivity index (χ1n) is 11.2. The summed E-state index contributed by atoms with van der Waals surface area (Å²) in [6.07, 6.45) is 2.25. The van der Waals surface area contributed by atoms with Crippen molar-refractivity contribution in [3.8, 4) is 28.4 Å². The maximum absolute atomic E-state index is 12.5. The number of hydrogen-bond acceptors (Lipinski definition) is 8. The zero-order valence-electron chi connectivity index (χ0n) is 19.9. The molecule has 0 aliphatic rings. The van der Waals surface area contributed by atoms with Gasteiger partial charge in [0.05, 0.1) is 32.0 Å².